The van der Waals surface area contributed by atoms with Crippen LogP contribution in [0.3, 0.4) is 0 Å². The fourth-order valence-electron chi connectivity index (χ4n) is 1.94. The van der Waals surface area contributed by atoms with Crippen molar-refractivity contribution in [2.75, 3.05) is 11.4 Å². The molecule has 19 heavy (non-hydrogen) atoms. The lowest BCUT2D eigenvalue weighted by molar-refractivity contribution is 0.475. The predicted molar refractivity (Wildman–Crippen MR) is 79.6 cm³/mol. The molecule has 0 aliphatic rings. The highest BCUT2D eigenvalue weighted by atomic mass is 79.9. The number of phenolic OH excluding ortho intramolecular Hbond substituents is 1. The number of aromatic hydroxyl groups is 1. The van der Waals surface area contributed by atoms with E-state index in [0.717, 1.165) is 22.4 Å². The van der Waals surface area contributed by atoms with Crippen molar-refractivity contribution in [2.45, 2.75) is 6.92 Å². The van der Waals surface area contributed by atoms with Crippen molar-refractivity contribution in [2.24, 2.45) is 0 Å². The van der Waals surface area contributed by atoms with Gasteiger partial charge in [0, 0.05) is 28.5 Å². The van der Waals surface area contributed by atoms with E-state index in [2.05, 4.69) is 26.9 Å². The second-order valence-electron chi connectivity index (χ2n) is 4.04. The Morgan fingerprint density at radius 1 is 1.21 bits per heavy atom. The molecule has 96 valence electrons. The van der Waals surface area contributed by atoms with Crippen LogP contribution in [-0.4, -0.2) is 11.7 Å². The minimum Gasteiger partial charge on any atom is -0.508 e. The fraction of sp³-hybridized carbons (Fsp3) is 0.133. The largest absolute Gasteiger partial charge is 0.508 e. The molecule has 0 saturated carbocycles. The van der Waals surface area contributed by atoms with E-state index >= 15 is 0 Å². The molecule has 0 amide bonds. The van der Waals surface area contributed by atoms with Crippen LogP contribution in [0.5, 0.6) is 5.75 Å². The van der Waals surface area contributed by atoms with Gasteiger partial charge in [-0.25, -0.2) is 0 Å². The quantitative estimate of drug-likeness (QED) is 0.923. The van der Waals surface area contributed by atoms with Crippen LogP contribution in [0.15, 0.2) is 46.9 Å². The van der Waals surface area contributed by atoms with Gasteiger partial charge in [-0.3, -0.25) is 0 Å². The summed E-state index contributed by atoms with van der Waals surface area (Å²) < 4.78 is 0.770. The van der Waals surface area contributed by atoms with Crippen molar-refractivity contribution >= 4 is 27.3 Å². The lowest BCUT2D eigenvalue weighted by Gasteiger charge is -2.23. The van der Waals surface area contributed by atoms with Gasteiger partial charge in [0.25, 0.3) is 0 Å². The fourth-order valence-corrected chi connectivity index (χ4v) is 2.39. The van der Waals surface area contributed by atoms with Gasteiger partial charge in [0.1, 0.15) is 11.8 Å². The molecular formula is C15H13BrN2O. The molecule has 0 saturated heterocycles. The summed E-state index contributed by atoms with van der Waals surface area (Å²) in [6.45, 7) is 2.80. The average molecular weight is 317 g/mol. The van der Waals surface area contributed by atoms with E-state index in [1.807, 2.05) is 31.2 Å². The maximum absolute atomic E-state index is 9.56. The summed E-state index contributed by atoms with van der Waals surface area (Å²) in [6.07, 6.45) is 0. The van der Waals surface area contributed by atoms with E-state index in [4.69, 9.17) is 5.26 Å². The van der Waals surface area contributed by atoms with Crippen LogP contribution in [0, 0.1) is 11.3 Å². The van der Waals surface area contributed by atoms with E-state index in [-0.39, 0.29) is 5.75 Å². The zero-order chi connectivity index (χ0) is 13.8. The van der Waals surface area contributed by atoms with Gasteiger partial charge in [-0.05, 0) is 53.2 Å². The summed E-state index contributed by atoms with van der Waals surface area (Å²) >= 11 is 3.39. The minimum absolute atomic E-state index is 0.240. The first-order chi connectivity index (χ1) is 9.15. The van der Waals surface area contributed by atoms with Gasteiger partial charge in [-0.15, -0.1) is 0 Å². The Balaban J connectivity index is 2.43. The monoisotopic (exact) mass is 316 g/mol. The predicted octanol–water partition coefficient (Wildman–Crippen LogP) is 4.18. The van der Waals surface area contributed by atoms with Crippen LogP contribution >= 0.6 is 15.9 Å². The molecule has 0 spiro atoms. The molecule has 0 radical (unpaired) electrons. The lowest BCUT2D eigenvalue weighted by atomic mass is 10.2. The summed E-state index contributed by atoms with van der Waals surface area (Å²) in [5.41, 5.74) is 2.49. The second-order valence-corrected chi connectivity index (χ2v) is 4.89. The minimum atomic E-state index is 0.240. The normalized spacial score (nSPS) is 9.95. The van der Waals surface area contributed by atoms with Gasteiger partial charge in [0.2, 0.25) is 0 Å². The van der Waals surface area contributed by atoms with E-state index in [1.165, 1.54) is 0 Å². The Labute approximate surface area is 120 Å². The summed E-state index contributed by atoms with van der Waals surface area (Å²) in [5, 5.41) is 18.5. The Bertz CT molecular complexity index is 634. The van der Waals surface area contributed by atoms with Crippen molar-refractivity contribution in [3.8, 4) is 11.8 Å². The molecule has 0 aliphatic heterocycles. The molecule has 0 fully saturated rings. The molecule has 0 bridgehead atoms. The third-order valence-corrected chi connectivity index (χ3v) is 3.50. The third-order valence-electron chi connectivity index (χ3n) is 2.84. The third kappa shape index (κ3) is 2.88. The Kier molecular flexibility index (Phi) is 4.08. The highest BCUT2D eigenvalue weighted by molar-refractivity contribution is 9.10. The number of benzene rings is 2. The van der Waals surface area contributed by atoms with Gasteiger partial charge in [-0.2, -0.15) is 5.26 Å². The van der Waals surface area contributed by atoms with Gasteiger partial charge >= 0.3 is 0 Å². The van der Waals surface area contributed by atoms with E-state index in [0.29, 0.717) is 5.56 Å². The lowest BCUT2D eigenvalue weighted by Crippen LogP contribution is -2.15. The number of hydrogen-bond acceptors (Lipinski definition) is 3. The topological polar surface area (TPSA) is 47.3 Å². The van der Waals surface area contributed by atoms with Crippen molar-refractivity contribution in [3.63, 3.8) is 0 Å². The molecule has 3 nitrogen and oxygen atoms in total. The van der Waals surface area contributed by atoms with Gasteiger partial charge in [0.15, 0.2) is 0 Å². The van der Waals surface area contributed by atoms with Crippen LogP contribution in [0.1, 0.15) is 12.5 Å². The SMILES string of the molecule is CCN(c1cccc(O)c1)c1ccc(C#N)c(Br)c1. The summed E-state index contributed by atoms with van der Waals surface area (Å²) in [6, 6.07) is 14.8. The zero-order valence-electron chi connectivity index (χ0n) is 10.5. The van der Waals surface area contributed by atoms with Gasteiger partial charge < -0.3 is 10.0 Å². The number of halogens is 1. The highest BCUT2D eigenvalue weighted by Crippen LogP contribution is 2.30. The molecule has 4 heteroatoms. The molecule has 0 unspecified atom stereocenters. The van der Waals surface area contributed by atoms with Crippen molar-refractivity contribution in [3.05, 3.63) is 52.5 Å². The van der Waals surface area contributed by atoms with Crippen LogP contribution in [-0.2, 0) is 0 Å². The maximum atomic E-state index is 9.56. The number of hydrogen-bond donors (Lipinski definition) is 1. The smallest absolute Gasteiger partial charge is 0.117 e. The standard InChI is InChI=1S/C15H13BrN2O/c1-2-18(12-4-3-5-14(19)8-12)13-7-6-11(10-17)15(16)9-13/h3-9,19H,2H2,1H3. The van der Waals surface area contributed by atoms with Crippen LogP contribution in [0.4, 0.5) is 11.4 Å². The van der Waals surface area contributed by atoms with Gasteiger partial charge in [0.05, 0.1) is 5.56 Å². The first-order valence-corrected chi connectivity index (χ1v) is 6.71. The average Bonchev–Trinajstić information content (AvgIpc) is 2.40. The van der Waals surface area contributed by atoms with E-state index < -0.39 is 0 Å². The molecule has 0 aliphatic carbocycles. The summed E-state index contributed by atoms with van der Waals surface area (Å²) in [5.74, 6) is 0.240. The van der Waals surface area contributed by atoms with Crippen LogP contribution < -0.4 is 4.90 Å². The van der Waals surface area contributed by atoms with Crippen LogP contribution in [0.2, 0.25) is 0 Å². The molecule has 1 N–H and O–H groups in total. The van der Waals surface area contributed by atoms with E-state index in [9.17, 15) is 5.11 Å². The molecule has 0 aromatic heterocycles. The number of nitriles is 1. The maximum Gasteiger partial charge on any atom is 0.117 e. The first-order valence-electron chi connectivity index (χ1n) is 5.92. The van der Waals surface area contributed by atoms with Crippen molar-refractivity contribution in [1.29, 1.82) is 5.26 Å². The number of anilines is 2. The Hall–Kier alpha value is -1.99. The Morgan fingerprint density at radius 3 is 2.53 bits per heavy atom. The van der Waals surface area contributed by atoms with Gasteiger partial charge in [-0.1, -0.05) is 6.07 Å². The number of rotatable bonds is 3. The molecular weight excluding hydrogens is 304 g/mol. The first kappa shape index (κ1) is 13.4. The van der Waals surface area contributed by atoms with E-state index in [1.54, 1.807) is 18.2 Å². The highest BCUT2D eigenvalue weighted by Gasteiger charge is 2.09. The molecule has 2 aromatic rings. The summed E-state index contributed by atoms with van der Waals surface area (Å²) in [7, 11) is 0. The van der Waals surface area contributed by atoms with Crippen molar-refractivity contribution in [1.82, 2.24) is 0 Å². The zero-order valence-corrected chi connectivity index (χ0v) is 12.1. The van der Waals surface area contributed by atoms with Crippen LogP contribution in [0.25, 0.3) is 0 Å². The number of phenols is 1. The summed E-state index contributed by atoms with van der Waals surface area (Å²) in [4.78, 5) is 2.06. The molecule has 0 atom stereocenters. The number of nitrogens with zero attached hydrogens (tertiary/aromatic N) is 2. The molecule has 0 heterocycles. The molecule has 2 aromatic carbocycles. The Morgan fingerprint density at radius 2 is 1.95 bits per heavy atom. The second kappa shape index (κ2) is 5.77. The van der Waals surface area contributed by atoms with Crippen molar-refractivity contribution < 1.29 is 5.11 Å². The molecule has 2 rings (SSSR count).